The average Bonchev–Trinajstić information content (AvgIpc) is 3.17. The lowest BCUT2D eigenvalue weighted by Crippen LogP contribution is -2.22. The number of aliphatic hydroxyl groups is 2. The molecule has 182 valence electrons. The van der Waals surface area contributed by atoms with E-state index in [1.165, 1.54) is 0 Å². The molecule has 0 aliphatic carbocycles. The van der Waals surface area contributed by atoms with E-state index >= 15 is 0 Å². The molecule has 2 atom stereocenters. The van der Waals surface area contributed by atoms with E-state index in [9.17, 15) is 15.0 Å². The molecule has 2 unspecified atom stereocenters. The molecule has 34 heavy (non-hydrogen) atoms. The summed E-state index contributed by atoms with van der Waals surface area (Å²) >= 11 is 0. The summed E-state index contributed by atoms with van der Waals surface area (Å²) in [6.07, 6.45) is -0.161. The van der Waals surface area contributed by atoms with Gasteiger partial charge in [0.1, 0.15) is 11.6 Å². The number of aliphatic hydroxyl groups excluding tert-OH is 2. The van der Waals surface area contributed by atoms with Gasteiger partial charge in [-0.1, -0.05) is 37.6 Å². The third-order valence-corrected chi connectivity index (χ3v) is 5.73. The summed E-state index contributed by atoms with van der Waals surface area (Å²) in [5.41, 5.74) is 4.89. The Bertz CT molecular complexity index is 1130. The molecule has 0 spiro atoms. The fourth-order valence-electron chi connectivity index (χ4n) is 4.13. The summed E-state index contributed by atoms with van der Waals surface area (Å²) in [5.74, 6) is 0.697. The Kier molecular flexibility index (Phi) is 8.41. The highest BCUT2D eigenvalue weighted by Crippen LogP contribution is 2.36. The Balaban J connectivity index is 2.04. The van der Waals surface area contributed by atoms with Gasteiger partial charge in [-0.15, -0.1) is 0 Å². The molecule has 0 radical (unpaired) electrons. The maximum absolute atomic E-state index is 10.8. The van der Waals surface area contributed by atoms with Crippen LogP contribution in [0.4, 0.5) is 5.82 Å². The first-order valence-corrected chi connectivity index (χ1v) is 11.6. The van der Waals surface area contributed by atoms with Crippen LogP contribution >= 0.6 is 0 Å². The molecule has 8 heteroatoms. The van der Waals surface area contributed by atoms with Crippen LogP contribution in [0.15, 0.2) is 42.6 Å². The van der Waals surface area contributed by atoms with Crippen LogP contribution in [0.2, 0.25) is 0 Å². The third kappa shape index (κ3) is 6.21. The molecule has 3 aromatic rings. The number of carboxylic acids is 1. The highest BCUT2D eigenvalue weighted by atomic mass is 16.4. The van der Waals surface area contributed by atoms with E-state index in [1.807, 2.05) is 38.2 Å². The van der Waals surface area contributed by atoms with Gasteiger partial charge in [0, 0.05) is 36.8 Å². The second-order valence-electron chi connectivity index (χ2n) is 8.95. The standard InChI is InChI=1S/C26H34N4O4/c1-16(2)26-29-24(18-8-10-28-22(13-18)27-4)25(19-7-5-6-17(3)12-19)30(26)11-9-20(31)14-21(32)15-23(33)34/h5-8,10,12-13,16,20-21,31-32H,9,11,14-15H2,1-4H3,(H,27,28)(H,33,34). The number of carbonyl (C=O) groups is 1. The summed E-state index contributed by atoms with van der Waals surface area (Å²) in [7, 11) is 1.83. The predicted molar refractivity (Wildman–Crippen MR) is 133 cm³/mol. The van der Waals surface area contributed by atoms with Gasteiger partial charge in [0.2, 0.25) is 0 Å². The lowest BCUT2D eigenvalue weighted by atomic mass is 10.0. The van der Waals surface area contributed by atoms with E-state index in [1.54, 1.807) is 6.20 Å². The molecule has 0 aliphatic heterocycles. The average molecular weight is 467 g/mol. The highest BCUT2D eigenvalue weighted by Gasteiger charge is 2.23. The van der Waals surface area contributed by atoms with Gasteiger partial charge in [-0.05, 0) is 38.0 Å². The Morgan fingerprint density at radius 3 is 2.53 bits per heavy atom. The quantitative estimate of drug-likeness (QED) is 0.336. The number of pyridine rings is 1. The minimum Gasteiger partial charge on any atom is -0.481 e. The number of nitrogens with zero attached hydrogens (tertiary/aromatic N) is 3. The van der Waals surface area contributed by atoms with E-state index in [0.29, 0.717) is 13.0 Å². The van der Waals surface area contributed by atoms with Gasteiger partial charge in [-0.3, -0.25) is 4.79 Å². The van der Waals surface area contributed by atoms with Crippen LogP contribution in [-0.4, -0.2) is 55.1 Å². The van der Waals surface area contributed by atoms with Crippen molar-refractivity contribution >= 4 is 11.8 Å². The highest BCUT2D eigenvalue weighted by molar-refractivity contribution is 5.80. The molecular formula is C26H34N4O4. The van der Waals surface area contributed by atoms with E-state index < -0.39 is 18.2 Å². The molecule has 3 rings (SSSR count). The van der Waals surface area contributed by atoms with Crippen molar-refractivity contribution in [2.45, 2.75) is 64.7 Å². The molecule has 0 fully saturated rings. The lowest BCUT2D eigenvalue weighted by molar-refractivity contribution is -0.139. The van der Waals surface area contributed by atoms with Gasteiger partial charge >= 0.3 is 5.97 Å². The SMILES string of the molecule is CNc1cc(-c2nc(C(C)C)n(CCC(O)CC(O)CC(=O)O)c2-c2cccc(C)c2)ccn1. The van der Waals surface area contributed by atoms with Gasteiger partial charge in [-0.2, -0.15) is 0 Å². The largest absolute Gasteiger partial charge is 0.481 e. The van der Waals surface area contributed by atoms with E-state index in [2.05, 4.69) is 40.8 Å². The lowest BCUT2D eigenvalue weighted by Gasteiger charge is -2.18. The minimum atomic E-state index is -1.08. The molecule has 0 aliphatic rings. The summed E-state index contributed by atoms with van der Waals surface area (Å²) in [4.78, 5) is 20.2. The number of carboxylic acid groups (broad SMARTS) is 1. The number of anilines is 1. The molecule has 8 nitrogen and oxygen atoms in total. The molecule has 0 bridgehead atoms. The van der Waals surface area contributed by atoms with Crippen LogP contribution in [-0.2, 0) is 11.3 Å². The summed E-state index contributed by atoms with van der Waals surface area (Å²) in [6, 6.07) is 12.1. The molecule has 0 amide bonds. The van der Waals surface area contributed by atoms with Crippen LogP contribution in [0.5, 0.6) is 0 Å². The number of hydrogen-bond donors (Lipinski definition) is 4. The Hall–Kier alpha value is -3.23. The Morgan fingerprint density at radius 2 is 1.88 bits per heavy atom. The summed E-state index contributed by atoms with van der Waals surface area (Å²) in [6.45, 7) is 6.70. The number of benzene rings is 1. The maximum atomic E-state index is 10.8. The summed E-state index contributed by atoms with van der Waals surface area (Å²) < 4.78 is 2.14. The van der Waals surface area contributed by atoms with Crippen molar-refractivity contribution in [2.75, 3.05) is 12.4 Å². The third-order valence-electron chi connectivity index (χ3n) is 5.73. The first kappa shape index (κ1) is 25.4. The zero-order chi connectivity index (χ0) is 24.8. The van der Waals surface area contributed by atoms with Gasteiger partial charge in [0.05, 0.1) is 30.0 Å². The topological polar surface area (TPSA) is 120 Å². The van der Waals surface area contributed by atoms with Crippen molar-refractivity contribution in [3.8, 4) is 22.5 Å². The predicted octanol–water partition coefficient (Wildman–Crippen LogP) is 4.06. The molecular weight excluding hydrogens is 432 g/mol. The number of aryl methyl sites for hydroxylation is 1. The van der Waals surface area contributed by atoms with Gasteiger partial charge in [0.15, 0.2) is 0 Å². The van der Waals surface area contributed by atoms with Crippen molar-refractivity contribution < 1.29 is 20.1 Å². The van der Waals surface area contributed by atoms with E-state index in [-0.39, 0.29) is 18.8 Å². The number of nitrogens with one attached hydrogen (secondary N) is 1. The zero-order valence-corrected chi connectivity index (χ0v) is 20.2. The molecule has 2 aromatic heterocycles. The zero-order valence-electron chi connectivity index (χ0n) is 20.2. The molecule has 0 saturated carbocycles. The summed E-state index contributed by atoms with van der Waals surface area (Å²) in [5, 5.41) is 32.4. The number of rotatable bonds is 11. The molecule has 2 heterocycles. The van der Waals surface area contributed by atoms with Crippen molar-refractivity contribution in [1.82, 2.24) is 14.5 Å². The first-order valence-electron chi connectivity index (χ1n) is 11.6. The Labute approximate surface area is 200 Å². The number of aromatic nitrogens is 3. The van der Waals surface area contributed by atoms with Gasteiger partial charge in [-0.25, -0.2) is 9.97 Å². The van der Waals surface area contributed by atoms with Crippen molar-refractivity contribution in [1.29, 1.82) is 0 Å². The smallest absolute Gasteiger partial charge is 0.305 e. The van der Waals surface area contributed by atoms with Crippen molar-refractivity contribution in [2.24, 2.45) is 0 Å². The van der Waals surface area contributed by atoms with Crippen molar-refractivity contribution in [3.63, 3.8) is 0 Å². The van der Waals surface area contributed by atoms with E-state index in [4.69, 9.17) is 10.1 Å². The molecule has 4 N–H and O–H groups in total. The fourth-order valence-corrected chi connectivity index (χ4v) is 4.13. The van der Waals surface area contributed by atoms with Gasteiger partial charge < -0.3 is 25.2 Å². The molecule has 0 saturated heterocycles. The second kappa shape index (κ2) is 11.3. The van der Waals surface area contributed by atoms with Crippen LogP contribution in [0, 0.1) is 6.92 Å². The van der Waals surface area contributed by atoms with Crippen LogP contribution < -0.4 is 5.32 Å². The molecule has 1 aromatic carbocycles. The second-order valence-corrected chi connectivity index (χ2v) is 8.95. The van der Waals surface area contributed by atoms with Crippen LogP contribution in [0.25, 0.3) is 22.5 Å². The number of imidazole rings is 1. The van der Waals surface area contributed by atoms with Gasteiger partial charge in [0.25, 0.3) is 0 Å². The fraction of sp³-hybridized carbons (Fsp3) is 0.423. The maximum Gasteiger partial charge on any atom is 0.305 e. The van der Waals surface area contributed by atoms with Crippen LogP contribution in [0.3, 0.4) is 0 Å². The van der Waals surface area contributed by atoms with Crippen molar-refractivity contribution in [3.05, 3.63) is 54.0 Å². The number of hydrogen-bond acceptors (Lipinski definition) is 6. The van der Waals surface area contributed by atoms with Crippen LogP contribution in [0.1, 0.15) is 50.4 Å². The first-order chi connectivity index (χ1) is 16.2. The monoisotopic (exact) mass is 466 g/mol. The number of aliphatic carboxylic acids is 1. The normalized spacial score (nSPS) is 13.1. The Morgan fingerprint density at radius 1 is 1.12 bits per heavy atom. The van der Waals surface area contributed by atoms with E-state index in [0.717, 1.165) is 39.7 Å². The minimum absolute atomic E-state index is 0.0144.